The average Bonchev–Trinajstić information content (AvgIpc) is 2.83. The van der Waals surface area contributed by atoms with Crippen molar-refractivity contribution < 1.29 is 0 Å². The quantitative estimate of drug-likeness (QED) is 0.240. The average molecular weight is 497 g/mol. The first kappa shape index (κ1) is 25.8. The summed E-state index contributed by atoms with van der Waals surface area (Å²) in [7, 11) is -1.05. The van der Waals surface area contributed by atoms with Crippen LogP contribution in [-0.2, 0) is 0 Å². The van der Waals surface area contributed by atoms with Crippen LogP contribution in [-0.4, -0.2) is 5.90 Å². The van der Waals surface area contributed by atoms with Gasteiger partial charge in [0.05, 0.1) is 0 Å². The minimum absolute atomic E-state index is 0.527. The molecule has 0 spiro atoms. The molecule has 0 unspecified atom stereocenters. The predicted octanol–water partition coefficient (Wildman–Crippen LogP) is 7.68. The number of hydrogen-bond donors (Lipinski definition) is 0. The van der Waals surface area contributed by atoms with E-state index in [1.807, 2.05) is 0 Å². The molecule has 35 heavy (non-hydrogen) atoms. The minimum atomic E-state index is -0.527. The number of rotatable bonds is 6. The predicted molar refractivity (Wildman–Crippen MR) is 161 cm³/mol. The number of benzene rings is 4. The Labute approximate surface area is 215 Å². The fraction of sp³-hybridized carbons (Fsp3) is 0.273. The third kappa shape index (κ3) is 5.16. The van der Waals surface area contributed by atoms with Crippen molar-refractivity contribution in [1.82, 2.24) is 0 Å². The highest BCUT2D eigenvalue weighted by molar-refractivity contribution is 7.88. The molecule has 4 rings (SSSR count). The minimum Gasteiger partial charge on any atom is -0.0613 e. The second kappa shape index (κ2) is 10.8. The Balaban J connectivity index is 1.97. The van der Waals surface area contributed by atoms with Gasteiger partial charge >= 0.3 is 0 Å². The zero-order valence-corrected chi connectivity index (χ0v) is 24.3. The van der Waals surface area contributed by atoms with Gasteiger partial charge in [0.1, 0.15) is 0 Å². The molecule has 0 bridgehead atoms. The van der Waals surface area contributed by atoms with Gasteiger partial charge in [0.25, 0.3) is 0 Å². The van der Waals surface area contributed by atoms with Gasteiger partial charge in [0.2, 0.25) is 0 Å². The molecule has 180 valence electrons. The third-order valence-corrected chi connectivity index (χ3v) is 14.3. The molecule has 4 aromatic rings. The normalized spacial score (nSPS) is 11.5. The van der Waals surface area contributed by atoms with Crippen molar-refractivity contribution in [1.29, 1.82) is 0 Å². The van der Waals surface area contributed by atoms with E-state index in [-0.39, 0.29) is 0 Å². The summed E-state index contributed by atoms with van der Waals surface area (Å²) in [5, 5.41) is 6.15. The first-order chi connectivity index (χ1) is 16.7. The van der Waals surface area contributed by atoms with Gasteiger partial charge in [0.15, 0.2) is 0 Å². The highest BCUT2D eigenvalue weighted by Crippen LogP contribution is 2.51. The zero-order chi connectivity index (χ0) is 25.3. The molecule has 4 aromatic carbocycles. The Morgan fingerprint density at radius 3 is 0.829 bits per heavy atom. The van der Waals surface area contributed by atoms with Gasteiger partial charge in [0, 0.05) is 5.90 Å². The summed E-state index contributed by atoms with van der Waals surface area (Å²) in [5.74, 6) is 1.17. The fourth-order valence-corrected chi connectivity index (χ4v) is 12.3. The smallest absolute Gasteiger partial charge is 0.00409 e. The van der Waals surface area contributed by atoms with Gasteiger partial charge < -0.3 is 0 Å². The van der Waals surface area contributed by atoms with E-state index in [4.69, 9.17) is 0 Å². The summed E-state index contributed by atoms with van der Waals surface area (Å²) in [6.45, 7) is 18.3. The molecule has 0 saturated carbocycles. The Hall–Kier alpha value is -2.26. The van der Waals surface area contributed by atoms with E-state index in [2.05, 4.69) is 128 Å². The first-order valence-electron chi connectivity index (χ1n) is 12.5. The molecule has 0 atom stereocenters. The van der Waals surface area contributed by atoms with Crippen LogP contribution < -0.4 is 21.2 Å². The molecule has 0 heterocycles. The van der Waals surface area contributed by atoms with E-state index in [0.717, 1.165) is 0 Å². The van der Waals surface area contributed by atoms with Crippen molar-refractivity contribution in [2.75, 3.05) is 5.90 Å². The fourth-order valence-electron chi connectivity index (χ4n) is 4.82. The van der Waals surface area contributed by atoms with Crippen LogP contribution in [0.3, 0.4) is 0 Å². The van der Waals surface area contributed by atoms with Crippen molar-refractivity contribution in [3.8, 4) is 0 Å². The van der Waals surface area contributed by atoms with Gasteiger partial charge in [-0.05, 0) is 137 Å². The standard InChI is InChI=1S/C33H38P2/c1-22-13-9-17-30(26(22)5)34(31-18-10-14-23(2)27(31)6)21-35(32-19-11-15-24(3)28(32)7)33-20-12-16-25(4)29(33)8/h9-20H,21H2,1-8H3. The summed E-state index contributed by atoms with van der Waals surface area (Å²) >= 11 is 0. The Kier molecular flexibility index (Phi) is 7.96. The SMILES string of the molecule is Cc1cccc(P(CP(c2cccc(C)c2C)c2cccc(C)c2C)c2cccc(C)c2C)c1C. The molecule has 0 radical (unpaired) electrons. The molecule has 0 saturated heterocycles. The van der Waals surface area contributed by atoms with Gasteiger partial charge in [-0.2, -0.15) is 0 Å². The van der Waals surface area contributed by atoms with E-state index >= 15 is 0 Å². The van der Waals surface area contributed by atoms with Crippen molar-refractivity contribution in [2.45, 2.75) is 55.4 Å². The lowest BCUT2D eigenvalue weighted by Gasteiger charge is -2.31. The van der Waals surface area contributed by atoms with Crippen LogP contribution in [0.25, 0.3) is 0 Å². The largest absolute Gasteiger partial charge is 0.0613 e. The van der Waals surface area contributed by atoms with Crippen LogP contribution in [0.15, 0.2) is 72.8 Å². The van der Waals surface area contributed by atoms with E-state index in [0.29, 0.717) is 0 Å². The second-order valence-corrected chi connectivity index (χ2v) is 14.6. The topological polar surface area (TPSA) is 0 Å². The highest BCUT2D eigenvalue weighted by atomic mass is 31.2. The Morgan fingerprint density at radius 2 is 0.600 bits per heavy atom. The monoisotopic (exact) mass is 496 g/mol. The lowest BCUT2D eigenvalue weighted by atomic mass is 10.1. The summed E-state index contributed by atoms with van der Waals surface area (Å²) in [5.41, 5.74) is 11.4. The maximum Gasteiger partial charge on any atom is 0.00409 e. The molecule has 0 fully saturated rings. The third-order valence-electron chi connectivity index (χ3n) is 7.75. The summed E-state index contributed by atoms with van der Waals surface area (Å²) < 4.78 is 0. The summed E-state index contributed by atoms with van der Waals surface area (Å²) in [6, 6.07) is 27.7. The second-order valence-electron chi connectivity index (χ2n) is 9.87. The summed E-state index contributed by atoms with van der Waals surface area (Å²) in [4.78, 5) is 0. The molecule has 2 heteroatoms. The van der Waals surface area contributed by atoms with Crippen LogP contribution >= 0.6 is 15.8 Å². The van der Waals surface area contributed by atoms with Crippen LogP contribution in [0.5, 0.6) is 0 Å². The molecule has 0 amide bonds. The maximum atomic E-state index is 2.40. The molecular formula is C33H38P2. The van der Waals surface area contributed by atoms with Gasteiger partial charge in [-0.1, -0.05) is 72.8 Å². The van der Waals surface area contributed by atoms with Gasteiger partial charge in [-0.3, -0.25) is 0 Å². The van der Waals surface area contributed by atoms with E-state index in [1.54, 1.807) is 0 Å². The molecule has 0 nitrogen and oxygen atoms in total. The van der Waals surface area contributed by atoms with Crippen LogP contribution in [0.1, 0.15) is 44.5 Å². The van der Waals surface area contributed by atoms with Crippen LogP contribution in [0, 0.1) is 55.4 Å². The van der Waals surface area contributed by atoms with Crippen molar-refractivity contribution in [3.05, 3.63) is 117 Å². The molecule has 0 aliphatic rings. The van der Waals surface area contributed by atoms with Crippen molar-refractivity contribution >= 4 is 37.1 Å². The molecule has 0 aliphatic heterocycles. The first-order valence-corrected chi connectivity index (χ1v) is 15.6. The Bertz CT molecular complexity index is 1160. The lowest BCUT2D eigenvalue weighted by molar-refractivity contribution is 1.36. The van der Waals surface area contributed by atoms with E-state index in [1.165, 1.54) is 71.6 Å². The van der Waals surface area contributed by atoms with E-state index < -0.39 is 15.8 Å². The lowest BCUT2D eigenvalue weighted by Crippen LogP contribution is -2.25. The van der Waals surface area contributed by atoms with Gasteiger partial charge in [-0.15, -0.1) is 0 Å². The molecule has 0 aromatic heterocycles. The molecule has 0 aliphatic carbocycles. The van der Waals surface area contributed by atoms with Crippen molar-refractivity contribution in [3.63, 3.8) is 0 Å². The van der Waals surface area contributed by atoms with Crippen molar-refractivity contribution in [2.24, 2.45) is 0 Å². The van der Waals surface area contributed by atoms with Crippen LogP contribution in [0.2, 0.25) is 0 Å². The summed E-state index contributed by atoms with van der Waals surface area (Å²) in [6.07, 6.45) is 0. The molecular weight excluding hydrogens is 458 g/mol. The maximum absolute atomic E-state index is 2.40. The Morgan fingerprint density at radius 1 is 0.371 bits per heavy atom. The highest BCUT2D eigenvalue weighted by Gasteiger charge is 2.27. The number of hydrogen-bond acceptors (Lipinski definition) is 0. The number of aryl methyl sites for hydroxylation is 4. The molecule has 0 N–H and O–H groups in total. The van der Waals surface area contributed by atoms with E-state index in [9.17, 15) is 0 Å². The van der Waals surface area contributed by atoms with Gasteiger partial charge in [-0.25, -0.2) is 0 Å². The van der Waals surface area contributed by atoms with Crippen LogP contribution in [0.4, 0.5) is 0 Å². The zero-order valence-electron chi connectivity index (χ0n) is 22.5.